The summed E-state index contributed by atoms with van der Waals surface area (Å²) in [5.41, 5.74) is 0.527. The monoisotopic (exact) mass is 428 g/mol. The Morgan fingerprint density at radius 1 is 1.50 bits per heavy atom. The van der Waals surface area contributed by atoms with Gasteiger partial charge in [0, 0.05) is 0 Å². The summed E-state index contributed by atoms with van der Waals surface area (Å²) >= 11 is 10.0. The number of halogens is 2. The molecule has 0 N–H and O–H groups in total. The van der Waals surface area contributed by atoms with E-state index in [2.05, 4.69) is 21.9 Å². The van der Waals surface area contributed by atoms with Crippen molar-refractivity contribution < 1.29 is 24.2 Å². The summed E-state index contributed by atoms with van der Waals surface area (Å²) in [6, 6.07) is 3.05. The van der Waals surface area contributed by atoms with E-state index in [0.29, 0.717) is 10.0 Å². The Labute approximate surface area is 154 Å². The topological polar surface area (TPSA) is 86.7 Å². The first kappa shape index (κ1) is 18.4. The number of aliphatic carboxylic acids is 1. The van der Waals surface area contributed by atoms with Gasteiger partial charge in [0.15, 0.2) is 5.75 Å². The maximum atomic E-state index is 12.1. The first-order valence-electron chi connectivity index (χ1n) is 6.34. The Balaban J connectivity index is 2.28. The van der Waals surface area contributed by atoms with Gasteiger partial charge in [0.2, 0.25) is 0 Å². The standard InChI is InChI=1S/C15H9BrClNO5S/c1-2-3-18-14(21)11(24-15(18)22)6-8-4-9(16)13(10(17)5-8)23-7-12(19)20/h1,4-6H,3,7H2,(H,19,20)/p-1/b11-6+. The molecule has 1 aliphatic heterocycles. The minimum absolute atomic E-state index is 0.0948. The van der Waals surface area contributed by atoms with Crippen molar-refractivity contribution in [2.24, 2.45) is 0 Å². The molecule has 1 fully saturated rings. The second-order valence-electron chi connectivity index (χ2n) is 4.45. The zero-order chi connectivity index (χ0) is 17.9. The number of hydrogen-bond donors (Lipinski definition) is 0. The van der Waals surface area contributed by atoms with Crippen LogP contribution in [0.25, 0.3) is 6.08 Å². The molecule has 1 aromatic carbocycles. The number of amides is 2. The van der Waals surface area contributed by atoms with Crippen molar-refractivity contribution in [3.8, 4) is 18.1 Å². The van der Waals surface area contributed by atoms with Crippen molar-refractivity contribution in [1.82, 2.24) is 4.90 Å². The largest absolute Gasteiger partial charge is 0.546 e. The second kappa shape index (κ2) is 7.75. The molecular formula is C15H8BrClNO5S-. The molecule has 0 atom stereocenters. The smallest absolute Gasteiger partial charge is 0.294 e. The molecule has 0 spiro atoms. The van der Waals surface area contributed by atoms with E-state index in [-0.39, 0.29) is 22.2 Å². The normalized spacial score (nSPS) is 15.7. The highest BCUT2D eigenvalue weighted by Gasteiger charge is 2.34. The van der Waals surface area contributed by atoms with Gasteiger partial charge in [-0.3, -0.25) is 14.5 Å². The quantitative estimate of drug-likeness (QED) is 0.525. The summed E-state index contributed by atoms with van der Waals surface area (Å²) in [4.78, 5) is 35.5. The van der Waals surface area contributed by atoms with Crippen LogP contribution in [-0.4, -0.2) is 35.2 Å². The number of imide groups is 1. The molecule has 0 aromatic heterocycles. The number of nitrogens with zero attached hydrogens (tertiary/aromatic N) is 1. The fraction of sp³-hybridized carbons (Fsp3) is 0.133. The number of ether oxygens (including phenoxy) is 1. The van der Waals surface area contributed by atoms with Gasteiger partial charge in [0.05, 0.1) is 26.9 Å². The number of carboxylic acid groups (broad SMARTS) is 1. The van der Waals surface area contributed by atoms with Gasteiger partial charge in [-0.15, -0.1) is 6.42 Å². The number of terminal acetylenes is 1. The predicted molar refractivity (Wildman–Crippen MR) is 91.2 cm³/mol. The van der Waals surface area contributed by atoms with Gasteiger partial charge in [-0.2, -0.15) is 0 Å². The van der Waals surface area contributed by atoms with Gasteiger partial charge in [0.25, 0.3) is 11.1 Å². The maximum absolute atomic E-state index is 12.1. The van der Waals surface area contributed by atoms with E-state index >= 15 is 0 Å². The first-order valence-corrected chi connectivity index (χ1v) is 8.32. The lowest BCUT2D eigenvalue weighted by Crippen LogP contribution is -2.29. The van der Waals surface area contributed by atoms with Gasteiger partial charge in [-0.1, -0.05) is 17.5 Å². The molecule has 124 valence electrons. The molecule has 0 unspecified atom stereocenters. The van der Waals surface area contributed by atoms with E-state index < -0.39 is 23.7 Å². The molecule has 0 radical (unpaired) electrons. The van der Waals surface area contributed by atoms with E-state index in [0.717, 1.165) is 16.7 Å². The summed E-state index contributed by atoms with van der Waals surface area (Å²) < 4.78 is 5.42. The highest BCUT2D eigenvalue weighted by Crippen LogP contribution is 2.37. The number of hydrogen-bond acceptors (Lipinski definition) is 6. The van der Waals surface area contributed by atoms with Gasteiger partial charge >= 0.3 is 0 Å². The Morgan fingerprint density at radius 3 is 2.79 bits per heavy atom. The third-order valence-corrected chi connectivity index (χ3v) is 4.55. The maximum Gasteiger partial charge on any atom is 0.294 e. The molecular weight excluding hydrogens is 422 g/mol. The highest BCUT2D eigenvalue weighted by atomic mass is 79.9. The van der Waals surface area contributed by atoms with Gasteiger partial charge < -0.3 is 14.6 Å². The lowest BCUT2D eigenvalue weighted by molar-refractivity contribution is -0.307. The van der Waals surface area contributed by atoms with Gasteiger partial charge in [0.1, 0.15) is 6.61 Å². The van der Waals surface area contributed by atoms with Crippen LogP contribution in [0.15, 0.2) is 21.5 Å². The van der Waals surface area contributed by atoms with Gasteiger partial charge in [-0.05, 0) is 51.5 Å². The van der Waals surface area contributed by atoms with Crippen LogP contribution in [0.4, 0.5) is 4.79 Å². The van der Waals surface area contributed by atoms with Crippen LogP contribution >= 0.6 is 39.3 Å². The fourth-order valence-electron chi connectivity index (χ4n) is 1.81. The summed E-state index contributed by atoms with van der Waals surface area (Å²) in [5, 5.41) is 10.1. The average Bonchev–Trinajstić information content (AvgIpc) is 2.74. The summed E-state index contributed by atoms with van der Waals surface area (Å²) in [5.74, 6) is 0.523. The molecule has 1 aromatic rings. The molecule has 1 heterocycles. The number of benzene rings is 1. The summed E-state index contributed by atoms with van der Waals surface area (Å²) in [7, 11) is 0. The summed E-state index contributed by atoms with van der Waals surface area (Å²) in [6.07, 6.45) is 6.61. The van der Waals surface area contributed by atoms with Crippen molar-refractivity contribution in [3.63, 3.8) is 0 Å². The van der Waals surface area contributed by atoms with Crippen molar-refractivity contribution in [1.29, 1.82) is 0 Å². The van der Waals surface area contributed by atoms with Crippen molar-refractivity contribution in [2.45, 2.75) is 0 Å². The van der Waals surface area contributed by atoms with Crippen molar-refractivity contribution in [3.05, 3.63) is 32.1 Å². The van der Waals surface area contributed by atoms with Crippen LogP contribution < -0.4 is 9.84 Å². The number of carbonyl (C=O) groups is 3. The number of carbonyl (C=O) groups excluding carboxylic acids is 3. The molecule has 0 bridgehead atoms. The summed E-state index contributed by atoms with van der Waals surface area (Å²) in [6.45, 7) is -0.745. The van der Waals surface area contributed by atoms with Crippen LogP contribution in [0.1, 0.15) is 5.56 Å². The Bertz CT molecular complexity index is 779. The minimum atomic E-state index is -1.38. The second-order valence-corrected chi connectivity index (χ2v) is 6.70. The van der Waals surface area contributed by atoms with Crippen LogP contribution in [-0.2, 0) is 9.59 Å². The van der Waals surface area contributed by atoms with Crippen LogP contribution in [0, 0.1) is 12.3 Å². The Kier molecular flexibility index (Phi) is 5.94. The van der Waals surface area contributed by atoms with Gasteiger partial charge in [-0.25, -0.2) is 0 Å². The molecule has 2 rings (SSSR count). The van der Waals surface area contributed by atoms with E-state index in [1.807, 2.05) is 0 Å². The third-order valence-electron chi connectivity index (χ3n) is 2.78. The van der Waals surface area contributed by atoms with Crippen LogP contribution in [0.2, 0.25) is 5.02 Å². The number of rotatable bonds is 5. The lowest BCUT2D eigenvalue weighted by Gasteiger charge is -2.11. The zero-order valence-corrected chi connectivity index (χ0v) is 15.0. The molecule has 6 nitrogen and oxygen atoms in total. The molecule has 2 amide bonds. The van der Waals surface area contributed by atoms with E-state index in [1.54, 1.807) is 6.07 Å². The van der Waals surface area contributed by atoms with E-state index in [4.69, 9.17) is 22.8 Å². The van der Waals surface area contributed by atoms with Crippen LogP contribution in [0.3, 0.4) is 0 Å². The van der Waals surface area contributed by atoms with E-state index in [1.165, 1.54) is 12.1 Å². The molecule has 1 aliphatic rings. The Morgan fingerprint density at radius 2 is 2.21 bits per heavy atom. The van der Waals surface area contributed by atoms with E-state index in [9.17, 15) is 19.5 Å². The highest BCUT2D eigenvalue weighted by molar-refractivity contribution is 9.10. The molecule has 0 saturated carbocycles. The van der Waals surface area contributed by atoms with Crippen molar-refractivity contribution in [2.75, 3.05) is 13.2 Å². The first-order chi connectivity index (χ1) is 11.3. The predicted octanol–water partition coefficient (Wildman–Crippen LogP) is 1.90. The Hall–Kier alpha value is -1.95. The fourth-order valence-corrected chi connectivity index (χ4v) is 3.64. The lowest BCUT2D eigenvalue weighted by atomic mass is 10.2. The van der Waals surface area contributed by atoms with Crippen LogP contribution in [0.5, 0.6) is 5.75 Å². The molecule has 24 heavy (non-hydrogen) atoms. The SMILES string of the molecule is C#CCN1C(=O)S/C(=C/c2cc(Cl)c(OCC(=O)[O-])c(Br)c2)C1=O. The molecule has 0 aliphatic carbocycles. The number of carboxylic acids is 1. The molecule has 9 heteroatoms. The molecule has 1 saturated heterocycles. The third kappa shape index (κ3) is 4.12. The minimum Gasteiger partial charge on any atom is -0.546 e. The average molecular weight is 430 g/mol. The zero-order valence-electron chi connectivity index (χ0n) is 11.9. The number of thioether (sulfide) groups is 1. The van der Waals surface area contributed by atoms with Crippen molar-refractivity contribution >= 4 is 62.5 Å².